The van der Waals surface area contributed by atoms with Crippen LogP contribution in [0.1, 0.15) is 52.0 Å². The maximum Gasteiger partial charge on any atom is 0.318 e. The van der Waals surface area contributed by atoms with Crippen molar-refractivity contribution in [2.24, 2.45) is 5.41 Å². The second-order valence-electron chi connectivity index (χ2n) is 8.97. The minimum atomic E-state index is -0.520. The van der Waals surface area contributed by atoms with Gasteiger partial charge >= 0.3 is 6.03 Å². The van der Waals surface area contributed by atoms with Gasteiger partial charge in [0.15, 0.2) is 0 Å². The third kappa shape index (κ3) is 3.68. The van der Waals surface area contributed by atoms with Gasteiger partial charge in [0.2, 0.25) is 0 Å². The zero-order chi connectivity index (χ0) is 19.7. The number of nitrogens with zero attached hydrogens (tertiary/aromatic N) is 3. The molecular formula is C22H32N4O. The van der Waals surface area contributed by atoms with Crippen LogP contribution in [0.5, 0.6) is 0 Å². The van der Waals surface area contributed by atoms with Crippen molar-refractivity contribution >= 4 is 6.03 Å². The Labute approximate surface area is 163 Å². The van der Waals surface area contributed by atoms with Crippen molar-refractivity contribution < 1.29 is 4.79 Å². The van der Waals surface area contributed by atoms with Crippen molar-refractivity contribution in [1.29, 1.82) is 5.26 Å². The molecule has 1 aromatic rings. The van der Waals surface area contributed by atoms with Crippen LogP contribution >= 0.6 is 0 Å². The van der Waals surface area contributed by atoms with Crippen LogP contribution in [0.3, 0.4) is 0 Å². The minimum absolute atomic E-state index is 0.0191. The summed E-state index contributed by atoms with van der Waals surface area (Å²) >= 11 is 0. The van der Waals surface area contributed by atoms with Gasteiger partial charge in [0.25, 0.3) is 0 Å². The number of nitrogens with one attached hydrogen (secondary N) is 1. The maximum absolute atomic E-state index is 12.6. The summed E-state index contributed by atoms with van der Waals surface area (Å²) < 4.78 is 0. The molecule has 1 N–H and O–H groups in total. The maximum atomic E-state index is 12.6. The Balaban J connectivity index is 1.77. The molecule has 0 bridgehead atoms. The lowest BCUT2D eigenvalue weighted by Gasteiger charge is -2.49. The number of hydrogen-bond acceptors (Lipinski definition) is 3. The molecule has 1 aliphatic carbocycles. The Morgan fingerprint density at radius 3 is 2.41 bits per heavy atom. The van der Waals surface area contributed by atoms with E-state index in [1.165, 1.54) is 5.56 Å². The molecule has 27 heavy (non-hydrogen) atoms. The second-order valence-corrected chi connectivity index (χ2v) is 8.97. The molecule has 0 atom stereocenters. The molecule has 2 amide bonds. The van der Waals surface area contributed by atoms with E-state index in [0.717, 1.165) is 32.2 Å². The number of nitriles is 1. The monoisotopic (exact) mass is 368 g/mol. The highest BCUT2D eigenvalue weighted by molar-refractivity contribution is 5.78. The molecule has 146 valence electrons. The number of urea groups is 1. The first kappa shape index (κ1) is 19.7. The molecule has 1 aliphatic heterocycles. The number of benzene rings is 1. The molecule has 0 radical (unpaired) electrons. The van der Waals surface area contributed by atoms with Crippen molar-refractivity contribution in [3.63, 3.8) is 0 Å². The lowest BCUT2D eigenvalue weighted by Crippen LogP contribution is -2.54. The van der Waals surface area contributed by atoms with Gasteiger partial charge in [0.1, 0.15) is 0 Å². The fraction of sp³-hybridized carbons (Fsp3) is 0.636. The number of amides is 2. The third-order valence-corrected chi connectivity index (χ3v) is 6.59. The predicted molar refractivity (Wildman–Crippen MR) is 107 cm³/mol. The first-order valence-electron chi connectivity index (χ1n) is 10.0. The third-order valence-electron chi connectivity index (χ3n) is 6.59. The SMILES string of the molecule is CCN(C)[C@]1(c2ccccc2)CC[C@@]2(CC1)CN(CC(C)(C)C#N)C(=O)N2. The molecule has 5 heteroatoms. The normalized spacial score (nSPS) is 28.4. The Hall–Kier alpha value is -2.06. The molecule has 5 nitrogen and oxygen atoms in total. The van der Waals surface area contributed by atoms with Crippen molar-refractivity contribution in [3.05, 3.63) is 35.9 Å². The fourth-order valence-corrected chi connectivity index (χ4v) is 4.79. The van der Waals surface area contributed by atoms with Crippen LogP contribution in [0.25, 0.3) is 0 Å². The molecule has 1 heterocycles. The molecule has 1 saturated heterocycles. The van der Waals surface area contributed by atoms with Crippen molar-refractivity contribution in [1.82, 2.24) is 15.1 Å². The highest BCUT2D eigenvalue weighted by Crippen LogP contribution is 2.46. The van der Waals surface area contributed by atoms with Crippen LogP contribution in [0, 0.1) is 16.7 Å². The summed E-state index contributed by atoms with van der Waals surface area (Å²) in [6, 6.07) is 13.1. The van der Waals surface area contributed by atoms with Gasteiger partial charge in [0, 0.05) is 18.6 Å². The van der Waals surface area contributed by atoms with E-state index in [9.17, 15) is 10.1 Å². The summed E-state index contributed by atoms with van der Waals surface area (Å²) in [5.74, 6) is 0. The zero-order valence-electron chi connectivity index (χ0n) is 17.1. The number of rotatable bonds is 5. The molecule has 0 aromatic heterocycles. The fourth-order valence-electron chi connectivity index (χ4n) is 4.79. The number of carbonyl (C=O) groups is 1. The highest BCUT2D eigenvalue weighted by atomic mass is 16.2. The van der Waals surface area contributed by atoms with Crippen LogP contribution < -0.4 is 5.32 Å². The van der Waals surface area contributed by atoms with Crippen molar-refractivity contribution in [3.8, 4) is 6.07 Å². The van der Waals surface area contributed by atoms with Gasteiger partial charge in [-0.25, -0.2) is 4.79 Å². The Morgan fingerprint density at radius 2 is 1.85 bits per heavy atom. The standard InChI is InChI=1S/C22H32N4O/c1-5-25(4)22(18-9-7-6-8-10-18)13-11-21(12-14-22)17-26(19(27)24-21)16-20(2,3)15-23/h6-10H,5,11-14,16-17H2,1-4H3,(H,24,27)/t21-,22-. The zero-order valence-corrected chi connectivity index (χ0v) is 17.1. The first-order chi connectivity index (χ1) is 12.8. The topological polar surface area (TPSA) is 59.4 Å². The summed E-state index contributed by atoms with van der Waals surface area (Å²) in [5.41, 5.74) is 0.727. The van der Waals surface area contributed by atoms with Crippen molar-refractivity contribution in [2.45, 2.75) is 57.5 Å². The summed E-state index contributed by atoms with van der Waals surface area (Å²) in [6.45, 7) is 8.17. The molecule has 3 rings (SSSR count). The quantitative estimate of drug-likeness (QED) is 0.862. The molecule has 0 unspecified atom stereocenters. The number of carbonyl (C=O) groups excluding carboxylic acids is 1. The van der Waals surface area contributed by atoms with E-state index in [1.807, 2.05) is 18.7 Å². The Morgan fingerprint density at radius 1 is 1.22 bits per heavy atom. The van der Waals surface area contributed by atoms with E-state index in [2.05, 4.69) is 60.6 Å². The summed E-state index contributed by atoms with van der Waals surface area (Å²) in [6.07, 6.45) is 3.97. The van der Waals surface area contributed by atoms with Gasteiger partial charge in [-0.1, -0.05) is 37.3 Å². The van der Waals surface area contributed by atoms with Gasteiger partial charge in [-0.05, 0) is 58.7 Å². The van der Waals surface area contributed by atoms with E-state index in [4.69, 9.17) is 0 Å². The summed E-state index contributed by atoms with van der Waals surface area (Å²) in [5, 5.41) is 12.6. The summed E-state index contributed by atoms with van der Waals surface area (Å²) in [7, 11) is 2.21. The van der Waals surface area contributed by atoms with Crippen LogP contribution in [-0.4, -0.2) is 48.1 Å². The summed E-state index contributed by atoms with van der Waals surface area (Å²) in [4.78, 5) is 16.9. The lowest BCUT2D eigenvalue weighted by atomic mass is 9.68. The van der Waals surface area contributed by atoms with Gasteiger partial charge in [0.05, 0.1) is 17.0 Å². The van der Waals surface area contributed by atoms with Crippen LogP contribution in [0.4, 0.5) is 4.79 Å². The van der Waals surface area contributed by atoms with Crippen LogP contribution in [0.2, 0.25) is 0 Å². The van der Waals surface area contributed by atoms with E-state index in [-0.39, 0.29) is 17.1 Å². The smallest absolute Gasteiger partial charge is 0.318 e. The van der Waals surface area contributed by atoms with E-state index < -0.39 is 5.41 Å². The van der Waals surface area contributed by atoms with Gasteiger partial charge < -0.3 is 10.2 Å². The lowest BCUT2D eigenvalue weighted by molar-refractivity contribution is 0.0457. The van der Waals surface area contributed by atoms with Crippen LogP contribution in [0.15, 0.2) is 30.3 Å². The second kappa shape index (κ2) is 7.16. The molecule has 1 spiro atoms. The van der Waals surface area contributed by atoms with Gasteiger partial charge in [-0.3, -0.25) is 4.90 Å². The Bertz CT molecular complexity index is 714. The van der Waals surface area contributed by atoms with Crippen LogP contribution in [-0.2, 0) is 5.54 Å². The molecular weight excluding hydrogens is 336 g/mol. The first-order valence-corrected chi connectivity index (χ1v) is 10.0. The molecule has 1 saturated carbocycles. The van der Waals surface area contributed by atoms with Gasteiger partial charge in [-0.15, -0.1) is 0 Å². The van der Waals surface area contributed by atoms with Gasteiger partial charge in [-0.2, -0.15) is 5.26 Å². The molecule has 2 fully saturated rings. The van der Waals surface area contributed by atoms with E-state index in [1.54, 1.807) is 0 Å². The largest absolute Gasteiger partial charge is 0.331 e. The number of hydrogen-bond donors (Lipinski definition) is 1. The minimum Gasteiger partial charge on any atom is -0.331 e. The van der Waals surface area contributed by atoms with E-state index >= 15 is 0 Å². The predicted octanol–water partition coefficient (Wildman–Crippen LogP) is 3.72. The average molecular weight is 369 g/mol. The molecule has 2 aliphatic rings. The van der Waals surface area contributed by atoms with Crippen molar-refractivity contribution in [2.75, 3.05) is 26.7 Å². The Kier molecular flexibility index (Phi) is 5.22. The highest BCUT2D eigenvalue weighted by Gasteiger charge is 2.50. The molecule has 1 aromatic carbocycles. The average Bonchev–Trinajstić information content (AvgIpc) is 2.97. The van der Waals surface area contributed by atoms with E-state index in [0.29, 0.717) is 13.1 Å².